The van der Waals surface area contributed by atoms with E-state index in [4.69, 9.17) is 11.6 Å². The first-order valence-corrected chi connectivity index (χ1v) is 11.5. The lowest BCUT2D eigenvalue weighted by molar-refractivity contribution is -0.120. The van der Waals surface area contributed by atoms with Crippen molar-refractivity contribution in [1.29, 1.82) is 0 Å². The first kappa shape index (κ1) is 22.3. The number of methoxy groups -OCH3 is 1. The largest absolute Gasteiger partial charge is 0.465 e. The summed E-state index contributed by atoms with van der Waals surface area (Å²) in [6.45, 7) is 0.496. The van der Waals surface area contributed by atoms with E-state index in [1.165, 1.54) is 17.5 Å². The number of nitrogens with one attached hydrogen (secondary N) is 1. The van der Waals surface area contributed by atoms with Crippen LogP contribution in [0.15, 0.2) is 48.5 Å². The van der Waals surface area contributed by atoms with Gasteiger partial charge in [-0.3, -0.25) is 4.79 Å². The van der Waals surface area contributed by atoms with E-state index in [1.807, 2.05) is 0 Å². The molecule has 9 heteroatoms. The third-order valence-electron chi connectivity index (χ3n) is 4.94. The van der Waals surface area contributed by atoms with Gasteiger partial charge in [-0.15, -0.1) is 0 Å². The third kappa shape index (κ3) is 5.59. The fourth-order valence-electron chi connectivity index (χ4n) is 3.42. The lowest BCUT2D eigenvalue weighted by atomic mass is 9.98. The highest BCUT2D eigenvalue weighted by Gasteiger charge is 2.32. The van der Waals surface area contributed by atoms with E-state index in [-0.39, 0.29) is 18.2 Å². The lowest BCUT2D eigenvalue weighted by Gasteiger charge is -2.31. The Morgan fingerprint density at radius 1 is 1.20 bits per heavy atom. The van der Waals surface area contributed by atoms with Crippen molar-refractivity contribution in [2.45, 2.75) is 18.6 Å². The van der Waals surface area contributed by atoms with Crippen molar-refractivity contribution in [2.75, 3.05) is 25.5 Å². The molecule has 0 bridgehead atoms. The molecule has 1 aliphatic heterocycles. The number of anilines is 1. The Bertz CT molecular complexity index is 1040. The molecule has 0 aliphatic carbocycles. The molecular formula is C21H23ClN2O5S. The van der Waals surface area contributed by atoms with E-state index in [9.17, 15) is 18.0 Å². The number of esters is 1. The summed E-state index contributed by atoms with van der Waals surface area (Å²) in [4.78, 5) is 24.4. The van der Waals surface area contributed by atoms with Crippen LogP contribution in [0.5, 0.6) is 0 Å². The molecule has 0 aromatic heterocycles. The highest BCUT2D eigenvalue weighted by molar-refractivity contribution is 7.88. The first-order valence-electron chi connectivity index (χ1n) is 9.50. The molecule has 1 unspecified atom stereocenters. The maximum atomic E-state index is 12.8. The summed E-state index contributed by atoms with van der Waals surface area (Å²) in [5.41, 5.74) is 1.39. The molecule has 1 saturated heterocycles. The van der Waals surface area contributed by atoms with Crippen molar-refractivity contribution in [3.05, 3.63) is 64.7 Å². The summed E-state index contributed by atoms with van der Waals surface area (Å²) in [6, 6.07) is 13.2. The number of halogens is 1. The Hall–Kier alpha value is -2.42. The van der Waals surface area contributed by atoms with Crippen LogP contribution in [0.2, 0.25) is 5.02 Å². The van der Waals surface area contributed by atoms with Gasteiger partial charge in [0.25, 0.3) is 0 Å². The molecule has 0 radical (unpaired) electrons. The molecule has 2 aromatic carbocycles. The van der Waals surface area contributed by atoms with Crippen molar-refractivity contribution in [3.63, 3.8) is 0 Å². The normalized spacial score (nSPS) is 17.3. The van der Waals surface area contributed by atoms with Crippen molar-refractivity contribution in [3.8, 4) is 0 Å². The van der Waals surface area contributed by atoms with E-state index < -0.39 is 21.9 Å². The fourth-order valence-corrected chi connectivity index (χ4v) is 5.23. The number of piperidine rings is 1. The summed E-state index contributed by atoms with van der Waals surface area (Å²) in [7, 11) is -2.29. The summed E-state index contributed by atoms with van der Waals surface area (Å²) in [5, 5.41) is 3.25. The van der Waals surface area contributed by atoms with Crippen LogP contribution >= 0.6 is 11.6 Å². The second-order valence-electron chi connectivity index (χ2n) is 7.14. The van der Waals surface area contributed by atoms with Gasteiger partial charge in [-0.05, 0) is 48.7 Å². The number of rotatable bonds is 6. The number of hydrogen-bond acceptors (Lipinski definition) is 5. The Balaban J connectivity index is 1.66. The average molecular weight is 451 g/mol. The van der Waals surface area contributed by atoms with Gasteiger partial charge in [-0.1, -0.05) is 29.8 Å². The van der Waals surface area contributed by atoms with Gasteiger partial charge in [0.2, 0.25) is 15.9 Å². The second-order valence-corrected chi connectivity index (χ2v) is 9.55. The van der Waals surface area contributed by atoms with Crippen LogP contribution in [0.4, 0.5) is 5.69 Å². The van der Waals surface area contributed by atoms with Crippen LogP contribution in [-0.2, 0) is 25.3 Å². The first-order chi connectivity index (χ1) is 14.3. The Morgan fingerprint density at radius 3 is 2.70 bits per heavy atom. The van der Waals surface area contributed by atoms with Crippen LogP contribution in [0.25, 0.3) is 0 Å². The predicted octanol–water partition coefficient (Wildman–Crippen LogP) is 3.31. The zero-order valence-electron chi connectivity index (χ0n) is 16.5. The molecule has 160 valence electrons. The molecular weight excluding hydrogens is 428 g/mol. The molecule has 2 aromatic rings. The van der Waals surface area contributed by atoms with E-state index in [1.54, 1.807) is 42.5 Å². The van der Waals surface area contributed by atoms with Gasteiger partial charge < -0.3 is 10.1 Å². The molecule has 1 heterocycles. The number of amides is 1. The number of nitrogens with zero attached hydrogens (tertiary/aromatic N) is 1. The molecule has 1 amide bonds. The number of carbonyl (C=O) groups excluding carboxylic acids is 2. The van der Waals surface area contributed by atoms with Crippen molar-refractivity contribution >= 4 is 39.2 Å². The molecule has 1 N–H and O–H groups in total. The minimum absolute atomic E-state index is 0.116. The van der Waals surface area contributed by atoms with Crippen LogP contribution in [0.1, 0.15) is 28.8 Å². The standard InChI is InChI=1S/C21H23ClN2O5S/c1-29-21(26)16-6-3-9-19(12-16)23-20(25)17-7-4-10-24(13-17)30(27,28)14-15-5-2-8-18(22)11-15/h2-3,5-6,8-9,11-12,17H,4,7,10,13-14H2,1H3,(H,23,25). The number of sulfonamides is 1. The molecule has 1 aliphatic rings. The Kier molecular flexibility index (Phi) is 7.12. The predicted molar refractivity (Wildman–Crippen MR) is 115 cm³/mol. The molecule has 1 fully saturated rings. The van der Waals surface area contributed by atoms with Crippen LogP contribution in [0.3, 0.4) is 0 Å². The zero-order chi connectivity index (χ0) is 21.7. The molecule has 7 nitrogen and oxygen atoms in total. The van der Waals surface area contributed by atoms with E-state index in [0.29, 0.717) is 41.2 Å². The van der Waals surface area contributed by atoms with Crippen molar-refractivity contribution in [1.82, 2.24) is 4.31 Å². The lowest BCUT2D eigenvalue weighted by Crippen LogP contribution is -2.44. The summed E-state index contributed by atoms with van der Waals surface area (Å²) < 4.78 is 31.7. The number of benzene rings is 2. The quantitative estimate of drug-likeness (QED) is 0.681. The molecule has 0 spiro atoms. The van der Waals surface area contributed by atoms with E-state index >= 15 is 0 Å². The second kappa shape index (κ2) is 9.59. The Morgan fingerprint density at radius 2 is 1.97 bits per heavy atom. The third-order valence-corrected chi connectivity index (χ3v) is 6.99. The minimum atomic E-state index is -3.58. The molecule has 1 atom stereocenters. The van der Waals surface area contributed by atoms with Crippen molar-refractivity contribution < 1.29 is 22.7 Å². The van der Waals surface area contributed by atoms with Gasteiger partial charge >= 0.3 is 5.97 Å². The minimum Gasteiger partial charge on any atom is -0.465 e. The van der Waals surface area contributed by atoms with Crippen LogP contribution < -0.4 is 5.32 Å². The highest BCUT2D eigenvalue weighted by atomic mass is 35.5. The zero-order valence-corrected chi connectivity index (χ0v) is 18.1. The van der Waals surface area contributed by atoms with Gasteiger partial charge in [0.1, 0.15) is 0 Å². The topological polar surface area (TPSA) is 92.8 Å². The van der Waals surface area contributed by atoms with Gasteiger partial charge in [0.05, 0.1) is 24.3 Å². The van der Waals surface area contributed by atoms with Gasteiger partial charge in [0, 0.05) is 23.8 Å². The number of ether oxygens (including phenoxy) is 1. The molecule has 30 heavy (non-hydrogen) atoms. The van der Waals surface area contributed by atoms with E-state index in [0.717, 1.165) is 0 Å². The summed E-state index contributed by atoms with van der Waals surface area (Å²) >= 11 is 5.95. The smallest absolute Gasteiger partial charge is 0.337 e. The van der Waals surface area contributed by atoms with E-state index in [2.05, 4.69) is 10.1 Å². The monoisotopic (exact) mass is 450 g/mol. The van der Waals surface area contributed by atoms with Crippen LogP contribution in [0, 0.1) is 5.92 Å². The molecule has 0 saturated carbocycles. The number of hydrogen-bond donors (Lipinski definition) is 1. The fraction of sp³-hybridized carbons (Fsp3) is 0.333. The Labute approximate surface area is 181 Å². The van der Waals surface area contributed by atoms with Gasteiger partial charge in [-0.2, -0.15) is 0 Å². The summed E-state index contributed by atoms with van der Waals surface area (Å²) in [5.74, 6) is -1.42. The SMILES string of the molecule is COC(=O)c1cccc(NC(=O)C2CCCN(S(=O)(=O)Cc3cccc(Cl)c3)C2)c1. The average Bonchev–Trinajstić information content (AvgIpc) is 2.73. The number of carbonyl (C=O) groups is 2. The highest BCUT2D eigenvalue weighted by Crippen LogP contribution is 2.24. The molecule has 3 rings (SSSR count). The van der Waals surface area contributed by atoms with Crippen molar-refractivity contribution in [2.24, 2.45) is 5.92 Å². The van der Waals surface area contributed by atoms with Gasteiger partial charge in [-0.25, -0.2) is 17.5 Å². The maximum absolute atomic E-state index is 12.8. The van der Waals surface area contributed by atoms with Gasteiger partial charge in [0.15, 0.2) is 0 Å². The maximum Gasteiger partial charge on any atom is 0.337 e. The summed E-state index contributed by atoms with van der Waals surface area (Å²) in [6.07, 6.45) is 1.18. The van der Waals surface area contributed by atoms with Crippen LogP contribution in [-0.4, -0.2) is 44.8 Å².